The third-order valence-corrected chi connectivity index (χ3v) is 13.9. The fourth-order valence-corrected chi connectivity index (χ4v) is 9.16. The lowest BCUT2D eigenvalue weighted by Gasteiger charge is -2.34. The first-order valence-electron chi connectivity index (χ1n) is 24.0. The van der Waals surface area contributed by atoms with Crippen molar-refractivity contribution in [2.24, 2.45) is 32.3 Å². The zero-order valence-corrected chi connectivity index (χ0v) is 44.7. The molecule has 1 fully saturated rings. The Bertz CT molecular complexity index is 3070. The summed E-state index contributed by atoms with van der Waals surface area (Å²) in [5.74, 6) is 4.51. The van der Waals surface area contributed by atoms with Crippen molar-refractivity contribution in [3.05, 3.63) is 123 Å². The number of aliphatic imine (C=N–C) groups is 2. The smallest absolute Gasteiger partial charge is 0.493 e. The Morgan fingerprint density at radius 2 is 1.06 bits per heavy atom. The van der Waals surface area contributed by atoms with Gasteiger partial charge in [-0.3, -0.25) is 10.2 Å². The fraction of sp³-hybridized carbons (Fsp3) is 0.407. The van der Waals surface area contributed by atoms with Crippen LogP contribution < -0.4 is 35.9 Å². The minimum absolute atomic E-state index is 0.0487. The summed E-state index contributed by atoms with van der Waals surface area (Å²) in [5, 5.41) is 14.0. The molecule has 6 N–H and O–H groups in total. The van der Waals surface area contributed by atoms with E-state index >= 15 is 0 Å². The molecule has 2 spiro atoms. The van der Waals surface area contributed by atoms with Crippen LogP contribution in [0, 0.1) is 24.7 Å². The lowest BCUT2D eigenvalue weighted by Crippen LogP contribution is -2.41. The van der Waals surface area contributed by atoms with Crippen molar-refractivity contribution in [3.63, 3.8) is 0 Å². The number of ether oxygens (including phenoxy) is 6. The number of aromatic amines is 2. The molecule has 0 saturated carbocycles. The van der Waals surface area contributed by atoms with Crippen LogP contribution in [0.5, 0.6) is 34.5 Å². The molecule has 7 heterocycles. The maximum absolute atomic E-state index is 6.26. The maximum atomic E-state index is 6.26. The van der Waals surface area contributed by atoms with Gasteiger partial charge >= 0.3 is 7.12 Å². The van der Waals surface area contributed by atoms with Crippen LogP contribution in [-0.4, -0.2) is 77.2 Å². The molecule has 18 heteroatoms. The second kappa shape index (κ2) is 18.5. The number of aryl methyl sites for hydroxylation is 2. The number of hydrogen-bond donors (Lipinski definition) is 4. The second-order valence-electron chi connectivity index (χ2n) is 22.2. The van der Waals surface area contributed by atoms with Gasteiger partial charge in [-0.2, -0.15) is 10.2 Å². The molecule has 0 radical (unpaired) electrons. The number of amidine groups is 2. The highest BCUT2D eigenvalue weighted by atomic mass is 79.9. The van der Waals surface area contributed by atoms with Gasteiger partial charge < -0.3 is 49.2 Å². The SMILES string of the molecule is CC(C)(C)COc1ccc2c(c1)[C@]1(COC(N)=N1)c1cc(Br)ccc1O2.Cc1[nH]ncc1-c1ccc2c(c1)[C@@]1(COC(N)=N1)c1cc(OCC(C)(C)C)ccc1O2.Cc1[nH]ncc1B1OC(C)(C)C(C)(C)O1. The third kappa shape index (κ3) is 9.88. The standard InChI is InChI=1S/C24H26N4O3.C20H21BrN2O3.C10H17BN2O2/c1-14-17(11-26-28-14)15-5-7-20-18(9-15)24(13-30-22(25)27-24)19-10-16(6-8-21(19)31-20)29-12-23(2,3)4;1-19(2,3)10-24-13-5-7-17-15(9-13)20(11-25-18(22)23-20)14-8-12(21)4-6-16(14)26-17;1-7-8(6-12-13-7)11-14-9(2,3)10(4,5)15-11/h5-11H,12-13H2,1-4H3,(H2,25,27)(H,26,28);4-9H,10-11H2,1-3H3,(H2,22,23);6H,1-5H3,(H,12,13)/t24-;20-;/m00./s1. The Morgan fingerprint density at radius 1 is 0.611 bits per heavy atom. The van der Waals surface area contributed by atoms with Crippen molar-refractivity contribution in [1.82, 2.24) is 20.4 Å². The van der Waals surface area contributed by atoms with E-state index in [9.17, 15) is 0 Å². The zero-order valence-electron chi connectivity index (χ0n) is 43.1. The van der Waals surface area contributed by atoms with Crippen LogP contribution in [0.2, 0.25) is 0 Å². The van der Waals surface area contributed by atoms with Crippen LogP contribution in [0.1, 0.15) is 103 Å². The van der Waals surface area contributed by atoms with E-state index in [0.29, 0.717) is 26.4 Å². The van der Waals surface area contributed by atoms with Gasteiger partial charge in [0.2, 0.25) is 0 Å². The van der Waals surface area contributed by atoms with Gasteiger partial charge in [-0.05, 0) is 125 Å². The Labute approximate surface area is 429 Å². The monoisotopic (exact) mass is 1040 g/mol. The number of halogens is 1. The number of nitrogens with one attached hydrogen (secondary N) is 2. The van der Waals surface area contributed by atoms with Gasteiger partial charge in [0.15, 0.2) is 11.1 Å². The van der Waals surface area contributed by atoms with Crippen molar-refractivity contribution < 1.29 is 37.7 Å². The van der Waals surface area contributed by atoms with E-state index < -0.39 is 11.1 Å². The second-order valence-corrected chi connectivity index (χ2v) is 23.1. The molecule has 11 rings (SSSR count). The lowest BCUT2D eigenvalue weighted by atomic mass is 9.79. The Hall–Kier alpha value is -6.50. The topological polar surface area (TPSA) is 208 Å². The minimum Gasteiger partial charge on any atom is -0.493 e. The molecule has 0 amide bonds. The number of benzene rings is 4. The molecule has 72 heavy (non-hydrogen) atoms. The van der Waals surface area contributed by atoms with Gasteiger partial charge in [0.25, 0.3) is 12.0 Å². The highest BCUT2D eigenvalue weighted by Crippen LogP contribution is 2.54. The summed E-state index contributed by atoms with van der Waals surface area (Å²) in [6.07, 6.45) is 3.58. The molecule has 0 aliphatic carbocycles. The fourth-order valence-electron chi connectivity index (χ4n) is 8.80. The Morgan fingerprint density at radius 3 is 1.49 bits per heavy atom. The molecule has 1 saturated heterocycles. The van der Waals surface area contributed by atoms with E-state index in [4.69, 9.17) is 54.2 Å². The van der Waals surface area contributed by atoms with Crippen LogP contribution in [0.15, 0.2) is 99.6 Å². The third-order valence-electron chi connectivity index (χ3n) is 13.4. The first-order valence-corrected chi connectivity index (χ1v) is 24.8. The number of aromatic nitrogens is 4. The zero-order chi connectivity index (χ0) is 51.6. The molecule has 0 bridgehead atoms. The van der Waals surface area contributed by atoms with Gasteiger partial charge in [0.05, 0.1) is 30.6 Å². The molecular weight excluding hydrogens is 979 g/mol. The summed E-state index contributed by atoms with van der Waals surface area (Å²) >= 11 is 3.54. The van der Waals surface area contributed by atoms with E-state index in [0.717, 1.165) is 89.2 Å². The normalized spacial score (nSPS) is 20.7. The van der Waals surface area contributed by atoms with Crippen molar-refractivity contribution >= 4 is 40.6 Å². The van der Waals surface area contributed by atoms with Crippen LogP contribution in [0.25, 0.3) is 11.1 Å². The van der Waals surface area contributed by atoms with Crippen molar-refractivity contribution in [1.29, 1.82) is 0 Å². The summed E-state index contributed by atoms with van der Waals surface area (Å²) in [6, 6.07) is 24.0. The van der Waals surface area contributed by atoms with Crippen molar-refractivity contribution in [2.45, 2.75) is 105 Å². The summed E-state index contributed by atoms with van der Waals surface area (Å²) in [7, 11) is -0.311. The Balaban J connectivity index is 0.000000141. The molecule has 5 aliphatic heterocycles. The predicted molar refractivity (Wildman–Crippen MR) is 282 cm³/mol. The summed E-state index contributed by atoms with van der Waals surface area (Å²) < 4.78 is 48.4. The molecule has 2 atom stereocenters. The highest BCUT2D eigenvalue weighted by molar-refractivity contribution is 9.10. The summed E-state index contributed by atoms with van der Waals surface area (Å²) in [4.78, 5) is 9.44. The van der Waals surface area contributed by atoms with Gasteiger partial charge in [0.1, 0.15) is 47.7 Å². The quantitative estimate of drug-likeness (QED) is 0.115. The Kier molecular flexibility index (Phi) is 13.0. The van der Waals surface area contributed by atoms with E-state index in [2.05, 4.69) is 88.9 Å². The van der Waals surface area contributed by atoms with Crippen molar-refractivity contribution in [3.8, 4) is 45.6 Å². The molecule has 16 nitrogen and oxygen atoms in total. The van der Waals surface area contributed by atoms with Crippen molar-refractivity contribution in [2.75, 3.05) is 26.4 Å². The van der Waals surface area contributed by atoms with Crippen LogP contribution in [0.3, 0.4) is 0 Å². The van der Waals surface area contributed by atoms with Gasteiger partial charge in [-0.1, -0.05) is 63.5 Å². The molecule has 4 aromatic carbocycles. The largest absolute Gasteiger partial charge is 0.498 e. The first kappa shape index (κ1) is 50.4. The number of hydrogen-bond acceptors (Lipinski definition) is 14. The predicted octanol–water partition coefficient (Wildman–Crippen LogP) is 10.1. The van der Waals surface area contributed by atoms with Crippen LogP contribution in [0.4, 0.5) is 0 Å². The summed E-state index contributed by atoms with van der Waals surface area (Å²) in [6.45, 7) is 26.8. The van der Waals surface area contributed by atoms with Crippen LogP contribution in [-0.2, 0) is 29.9 Å². The average molecular weight is 1040 g/mol. The average Bonchev–Trinajstić information content (AvgIpc) is 4.15. The molecular formula is C54H64BBrN8O8. The van der Waals surface area contributed by atoms with Gasteiger partial charge in [-0.25, -0.2) is 9.98 Å². The number of fused-ring (bicyclic) bond motifs is 8. The number of H-pyrrole nitrogens is 2. The molecule has 0 unspecified atom stereocenters. The molecule has 5 aliphatic rings. The number of nitrogens with zero attached hydrogens (tertiary/aromatic N) is 4. The molecule has 378 valence electrons. The van der Waals surface area contributed by atoms with Gasteiger partial charge in [-0.15, -0.1) is 0 Å². The van der Waals surface area contributed by atoms with E-state index in [1.807, 2.05) is 114 Å². The van der Waals surface area contributed by atoms with E-state index in [1.165, 1.54) is 0 Å². The lowest BCUT2D eigenvalue weighted by molar-refractivity contribution is 0.00578. The maximum Gasteiger partial charge on any atom is 0.498 e. The molecule has 2 aromatic heterocycles. The van der Waals surface area contributed by atoms with Crippen LogP contribution >= 0.6 is 15.9 Å². The molecule has 6 aromatic rings. The minimum atomic E-state index is -0.790. The first-order chi connectivity index (χ1) is 33.9. The van der Waals surface area contributed by atoms with E-state index in [1.54, 1.807) is 6.20 Å². The highest BCUT2D eigenvalue weighted by Gasteiger charge is 2.53. The number of rotatable bonds is 6. The van der Waals surface area contributed by atoms with Gasteiger partial charge in [0, 0.05) is 55.3 Å². The summed E-state index contributed by atoms with van der Waals surface area (Å²) in [5.41, 5.74) is 18.6. The van der Waals surface area contributed by atoms with E-state index in [-0.39, 0.29) is 41.2 Å². The number of nitrogens with two attached hydrogens (primary N) is 2.